The normalized spacial score (nSPS) is 13.7. The molecule has 18 heavy (non-hydrogen) atoms. The summed E-state index contributed by atoms with van der Waals surface area (Å²) in [6.45, 7) is 1.78. The lowest BCUT2D eigenvalue weighted by molar-refractivity contribution is 0.0785. The Bertz CT molecular complexity index is 521. The number of nitrogens with zero attached hydrogens (tertiary/aromatic N) is 1. The highest BCUT2D eigenvalue weighted by Gasteiger charge is 2.30. The first-order valence-electron chi connectivity index (χ1n) is 6.10. The summed E-state index contributed by atoms with van der Waals surface area (Å²) >= 11 is 0. The van der Waals surface area contributed by atoms with Gasteiger partial charge in [-0.25, -0.2) is 0 Å². The molecule has 3 heteroatoms. The topological polar surface area (TPSA) is 40.5 Å². The fraction of sp³-hybridized carbons (Fsp3) is 0.400. The Morgan fingerprint density at radius 3 is 2.78 bits per heavy atom. The van der Waals surface area contributed by atoms with Crippen molar-refractivity contribution in [2.45, 2.75) is 25.8 Å². The van der Waals surface area contributed by atoms with Crippen molar-refractivity contribution in [2.75, 3.05) is 13.7 Å². The highest BCUT2D eigenvalue weighted by atomic mass is 16.2. The van der Waals surface area contributed by atoms with E-state index in [1.807, 2.05) is 26.1 Å². The SMILES string of the molecule is Cc1cc(C#CCO)cc(C(=O)N(C)C2CC2)c1. The van der Waals surface area contributed by atoms with Gasteiger partial charge in [-0.05, 0) is 43.5 Å². The smallest absolute Gasteiger partial charge is 0.253 e. The van der Waals surface area contributed by atoms with Crippen molar-refractivity contribution in [3.63, 3.8) is 0 Å². The van der Waals surface area contributed by atoms with Crippen LogP contribution in [0, 0.1) is 18.8 Å². The molecule has 0 unspecified atom stereocenters. The van der Waals surface area contributed by atoms with Crippen LogP contribution in [0.1, 0.15) is 34.3 Å². The van der Waals surface area contributed by atoms with Crippen molar-refractivity contribution in [3.8, 4) is 11.8 Å². The molecule has 0 aliphatic heterocycles. The van der Waals surface area contributed by atoms with Crippen LogP contribution in [0.4, 0.5) is 0 Å². The van der Waals surface area contributed by atoms with Crippen LogP contribution in [-0.2, 0) is 0 Å². The molecule has 1 aliphatic carbocycles. The van der Waals surface area contributed by atoms with E-state index in [0.717, 1.165) is 24.0 Å². The maximum absolute atomic E-state index is 12.2. The number of aliphatic hydroxyl groups excluding tert-OH is 1. The largest absolute Gasteiger partial charge is 0.384 e. The first-order chi connectivity index (χ1) is 8.61. The summed E-state index contributed by atoms with van der Waals surface area (Å²) in [5.74, 6) is 5.50. The van der Waals surface area contributed by atoms with Gasteiger partial charge in [0.2, 0.25) is 0 Å². The van der Waals surface area contributed by atoms with Crippen LogP contribution in [0.3, 0.4) is 0 Å². The third-order valence-corrected chi connectivity index (χ3v) is 3.05. The number of amides is 1. The van der Waals surface area contributed by atoms with E-state index in [0.29, 0.717) is 11.6 Å². The fourth-order valence-corrected chi connectivity index (χ4v) is 1.95. The van der Waals surface area contributed by atoms with E-state index in [1.165, 1.54) is 0 Å². The van der Waals surface area contributed by atoms with Gasteiger partial charge in [-0.15, -0.1) is 0 Å². The molecule has 0 bridgehead atoms. The summed E-state index contributed by atoms with van der Waals surface area (Å²) in [5, 5.41) is 8.70. The van der Waals surface area contributed by atoms with Crippen molar-refractivity contribution in [3.05, 3.63) is 34.9 Å². The summed E-state index contributed by atoms with van der Waals surface area (Å²) in [7, 11) is 1.85. The van der Waals surface area contributed by atoms with Gasteiger partial charge in [0.05, 0.1) is 0 Å². The quantitative estimate of drug-likeness (QED) is 0.801. The van der Waals surface area contributed by atoms with Gasteiger partial charge in [-0.3, -0.25) is 4.79 Å². The highest BCUT2D eigenvalue weighted by Crippen LogP contribution is 2.27. The maximum Gasteiger partial charge on any atom is 0.253 e. The molecule has 3 nitrogen and oxygen atoms in total. The molecule has 1 aliphatic rings. The number of hydrogen-bond acceptors (Lipinski definition) is 2. The van der Waals surface area contributed by atoms with Gasteiger partial charge < -0.3 is 10.0 Å². The number of aryl methyl sites for hydroxylation is 1. The van der Waals surface area contributed by atoms with E-state index in [9.17, 15) is 4.79 Å². The number of hydrogen-bond donors (Lipinski definition) is 1. The first-order valence-corrected chi connectivity index (χ1v) is 6.10. The molecule has 0 atom stereocenters. The maximum atomic E-state index is 12.2. The average molecular weight is 243 g/mol. The molecule has 1 amide bonds. The van der Waals surface area contributed by atoms with Gasteiger partial charge in [0.25, 0.3) is 5.91 Å². The van der Waals surface area contributed by atoms with E-state index in [1.54, 1.807) is 11.0 Å². The fourth-order valence-electron chi connectivity index (χ4n) is 1.95. The van der Waals surface area contributed by atoms with E-state index in [-0.39, 0.29) is 12.5 Å². The Kier molecular flexibility index (Phi) is 3.69. The van der Waals surface area contributed by atoms with Gasteiger partial charge in [0.15, 0.2) is 0 Å². The number of carbonyl (C=O) groups excluding carboxylic acids is 1. The van der Waals surface area contributed by atoms with Crippen LogP contribution >= 0.6 is 0 Å². The molecule has 1 aromatic rings. The molecule has 0 aromatic heterocycles. The second kappa shape index (κ2) is 5.24. The predicted molar refractivity (Wildman–Crippen MR) is 70.3 cm³/mol. The summed E-state index contributed by atoms with van der Waals surface area (Å²) < 4.78 is 0. The lowest BCUT2D eigenvalue weighted by Crippen LogP contribution is -2.28. The molecular weight excluding hydrogens is 226 g/mol. The third kappa shape index (κ3) is 2.91. The van der Waals surface area contributed by atoms with Gasteiger partial charge in [-0.2, -0.15) is 0 Å². The molecule has 2 rings (SSSR count). The van der Waals surface area contributed by atoms with Crippen LogP contribution < -0.4 is 0 Å². The van der Waals surface area contributed by atoms with Crippen molar-refractivity contribution in [1.82, 2.24) is 4.90 Å². The summed E-state index contributed by atoms with van der Waals surface area (Å²) in [5.41, 5.74) is 2.45. The van der Waals surface area contributed by atoms with Crippen LogP contribution in [0.2, 0.25) is 0 Å². The van der Waals surface area contributed by atoms with Gasteiger partial charge in [-0.1, -0.05) is 11.8 Å². The second-order valence-electron chi connectivity index (χ2n) is 4.69. The van der Waals surface area contributed by atoms with Gasteiger partial charge in [0, 0.05) is 24.2 Å². The Morgan fingerprint density at radius 1 is 1.44 bits per heavy atom. The molecule has 94 valence electrons. The predicted octanol–water partition coefficient (Wildman–Crippen LogP) is 1.57. The Hall–Kier alpha value is -1.79. The minimum atomic E-state index is -0.167. The molecule has 0 saturated heterocycles. The number of rotatable bonds is 2. The second-order valence-corrected chi connectivity index (χ2v) is 4.69. The molecule has 1 saturated carbocycles. The van der Waals surface area contributed by atoms with Gasteiger partial charge >= 0.3 is 0 Å². The zero-order chi connectivity index (χ0) is 13.1. The monoisotopic (exact) mass is 243 g/mol. The van der Waals surface area contributed by atoms with Crippen LogP contribution in [-0.4, -0.2) is 35.6 Å². The summed E-state index contributed by atoms with van der Waals surface area (Å²) in [6, 6.07) is 5.99. The lowest BCUT2D eigenvalue weighted by atomic mass is 10.1. The molecule has 0 heterocycles. The molecule has 1 fully saturated rings. The van der Waals surface area contributed by atoms with Crippen LogP contribution in [0.25, 0.3) is 0 Å². The summed E-state index contributed by atoms with van der Waals surface area (Å²) in [6.07, 6.45) is 2.20. The number of carbonyl (C=O) groups is 1. The Balaban J connectivity index is 2.26. The minimum Gasteiger partial charge on any atom is -0.384 e. The van der Waals surface area contributed by atoms with E-state index in [4.69, 9.17) is 5.11 Å². The summed E-state index contributed by atoms with van der Waals surface area (Å²) in [4.78, 5) is 14.0. The first kappa shape index (κ1) is 12.7. The minimum absolute atomic E-state index is 0.0493. The van der Waals surface area contributed by atoms with E-state index in [2.05, 4.69) is 11.8 Å². The average Bonchev–Trinajstić information content (AvgIpc) is 3.18. The zero-order valence-corrected chi connectivity index (χ0v) is 10.7. The van der Waals surface area contributed by atoms with Crippen LogP contribution in [0.5, 0.6) is 0 Å². The highest BCUT2D eigenvalue weighted by molar-refractivity contribution is 5.95. The Morgan fingerprint density at radius 2 is 2.17 bits per heavy atom. The van der Waals surface area contributed by atoms with E-state index >= 15 is 0 Å². The molecule has 1 aromatic carbocycles. The molecule has 0 radical (unpaired) electrons. The van der Waals surface area contributed by atoms with Gasteiger partial charge in [0.1, 0.15) is 6.61 Å². The third-order valence-electron chi connectivity index (χ3n) is 3.05. The molecule has 0 spiro atoms. The lowest BCUT2D eigenvalue weighted by Gasteiger charge is -2.16. The van der Waals surface area contributed by atoms with E-state index < -0.39 is 0 Å². The van der Waals surface area contributed by atoms with Crippen molar-refractivity contribution in [1.29, 1.82) is 0 Å². The zero-order valence-electron chi connectivity index (χ0n) is 10.7. The molecule has 1 N–H and O–H groups in total. The Labute approximate surface area is 107 Å². The van der Waals surface area contributed by atoms with Crippen LogP contribution in [0.15, 0.2) is 18.2 Å². The van der Waals surface area contributed by atoms with Crippen molar-refractivity contribution in [2.24, 2.45) is 0 Å². The van der Waals surface area contributed by atoms with Crippen molar-refractivity contribution >= 4 is 5.91 Å². The van der Waals surface area contributed by atoms with Crippen molar-refractivity contribution < 1.29 is 9.90 Å². The number of benzene rings is 1. The standard InChI is InChI=1S/C15H17NO2/c1-11-8-12(4-3-7-17)10-13(9-11)15(18)16(2)14-5-6-14/h8-10,14,17H,5-7H2,1-2H3. The molecular formula is C15H17NO2. The number of aliphatic hydroxyl groups is 1.